The highest BCUT2D eigenvalue weighted by Gasteiger charge is 2.42. The van der Waals surface area contributed by atoms with Crippen molar-refractivity contribution in [3.8, 4) is 11.3 Å². The molecule has 162 valence electrons. The van der Waals surface area contributed by atoms with Crippen LogP contribution in [0.3, 0.4) is 0 Å². The normalized spacial score (nSPS) is 21.2. The number of ether oxygens (including phenoxy) is 1. The van der Waals surface area contributed by atoms with Crippen LogP contribution in [0.5, 0.6) is 0 Å². The molecule has 2 aliphatic heterocycles. The van der Waals surface area contributed by atoms with E-state index < -0.39 is 0 Å². The molecule has 0 aliphatic carbocycles. The van der Waals surface area contributed by atoms with Crippen molar-refractivity contribution in [2.75, 3.05) is 26.2 Å². The van der Waals surface area contributed by atoms with Crippen molar-refractivity contribution in [1.29, 1.82) is 0 Å². The van der Waals surface area contributed by atoms with Gasteiger partial charge in [0.2, 0.25) is 0 Å². The molecule has 0 N–H and O–H groups in total. The third-order valence-corrected chi connectivity index (χ3v) is 6.81. The number of likely N-dealkylation sites (tertiary alicyclic amines) is 2. The lowest BCUT2D eigenvalue weighted by Crippen LogP contribution is -2.34. The molecular formula is C24H27BrN4O2. The molecule has 2 fully saturated rings. The van der Waals surface area contributed by atoms with Crippen LogP contribution in [0.4, 0.5) is 4.79 Å². The molecule has 0 radical (unpaired) electrons. The topological polar surface area (TPSA) is 50.1 Å². The van der Waals surface area contributed by atoms with Gasteiger partial charge in [-0.15, -0.1) is 0 Å². The summed E-state index contributed by atoms with van der Waals surface area (Å²) in [6.07, 6.45) is 1.85. The Hall–Kier alpha value is -2.38. The molecule has 2 aliphatic rings. The van der Waals surface area contributed by atoms with Crippen molar-refractivity contribution < 1.29 is 9.53 Å². The number of nitrogens with zero attached hydrogens (tertiary/aromatic N) is 4. The summed E-state index contributed by atoms with van der Waals surface area (Å²) in [5.74, 6) is 1.02. The average Bonchev–Trinajstić information content (AvgIpc) is 3.40. The van der Waals surface area contributed by atoms with Gasteiger partial charge in [-0.25, -0.2) is 9.78 Å². The predicted octanol–water partition coefficient (Wildman–Crippen LogP) is 4.67. The number of halogens is 1. The lowest BCUT2D eigenvalue weighted by Gasteiger charge is -2.22. The summed E-state index contributed by atoms with van der Waals surface area (Å²) in [5.41, 5.74) is 4.35. The number of fused-ring (bicyclic) bond motifs is 2. The Morgan fingerprint density at radius 2 is 1.81 bits per heavy atom. The zero-order valence-corrected chi connectivity index (χ0v) is 19.5. The van der Waals surface area contributed by atoms with E-state index in [0.29, 0.717) is 11.8 Å². The van der Waals surface area contributed by atoms with Crippen LogP contribution >= 0.6 is 15.9 Å². The molecule has 7 heteroatoms. The highest BCUT2D eigenvalue weighted by molar-refractivity contribution is 9.10. The molecular weight excluding hydrogens is 456 g/mol. The van der Waals surface area contributed by atoms with Crippen LogP contribution in [0.15, 0.2) is 53.1 Å². The van der Waals surface area contributed by atoms with E-state index in [9.17, 15) is 4.79 Å². The summed E-state index contributed by atoms with van der Waals surface area (Å²) in [6, 6.07) is 14.5. The minimum atomic E-state index is -0.171. The smallest absolute Gasteiger partial charge is 0.410 e. The van der Waals surface area contributed by atoms with E-state index in [1.165, 1.54) is 5.69 Å². The molecule has 2 aromatic heterocycles. The van der Waals surface area contributed by atoms with Gasteiger partial charge in [0.05, 0.1) is 17.5 Å². The van der Waals surface area contributed by atoms with Gasteiger partial charge in [0.15, 0.2) is 0 Å². The van der Waals surface area contributed by atoms with Crippen molar-refractivity contribution in [2.24, 2.45) is 11.8 Å². The van der Waals surface area contributed by atoms with Gasteiger partial charge in [0, 0.05) is 49.0 Å². The molecule has 3 aromatic rings. The molecule has 4 heterocycles. The first-order valence-corrected chi connectivity index (χ1v) is 11.7. The highest BCUT2D eigenvalue weighted by Crippen LogP contribution is 2.34. The Kier molecular flexibility index (Phi) is 5.48. The number of imidazole rings is 1. The fraction of sp³-hybridized carbons (Fsp3) is 0.417. The Labute approximate surface area is 190 Å². The second-order valence-electron chi connectivity index (χ2n) is 8.89. The number of rotatable bonds is 4. The van der Waals surface area contributed by atoms with E-state index in [1.54, 1.807) is 0 Å². The molecule has 0 bridgehead atoms. The van der Waals surface area contributed by atoms with Gasteiger partial charge in [-0.05, 0) is 49.9 Å². The Morgan fingerprint density at radius 1 is 1.10 bits per heavy atom. The summed E-state index contributed by atoms with van der Waals surface area (Å²) in [6.45, 7) is 8.22. The molecule has 5 rings (SSSR count). The van der Waals surface area contributed by atoms with Crippen LogP contribution in [-0.4, -0.2) is 57.6 Å². The second kappa shape index (κ2) is 8.28. The SMILES string of the molecule is CC(C)OC(=O)N1CC2CN(Cc3c(-c4ccc(Br)cc4)nc4ccccn34)CC2C1. The van der Waals surface area contributed by atoms with E-state index in [4.69, 9.17) is 9.72 Å². The van der Waals surface area contributed by atoms with Gasteiger partial charge in [0.25, 0.3) is 0 Å². The summed E-state index contributed by atoms with van der Waals surface area (Å²) < 4.78 is 8.66. The number of hydrogen-bond acceptors (Lipinski definition) is 4. The van der Waals surface area contributed by atoms with Gasteiger partial charge >= 0.3 is 6.09 Å². The molecule has 0 spiro atoms. The maximum absolute atomic E-state index is 12.3. The first-order chi connectivity index (χ1) is 15.0. The fourth-order valence-corrected chi connectivity index (χ4v) is 5.16. The lowest BCUT2D eigenvalue weighted by molar-refractivity contribution is 0.0800. The first kappa shape index (κ1) is 20.5. The van der Waals surface area contributed by atoms with Crippen LogP contribution in [-0.2, 0) is 11.3 Å². The quantitative estimate of drug-likeness (QED) is 0.541. The maximum Gasteiger partial charge on any atom is 0.410 e. The predicted molar refractivity (Wildman–Crippen MR) is 124 cm³/mol. The zero-order valence-electron chi connectivity index (χ0n) is 17.9. The molecule has 31 heavy (non-hydrogen) atoms. The molecule has 0 saturated carbocycles. The van der Waals surface area contributed by atoms with E-state index in [2.05, 4.69) is 67.8 Å². The van der Waals surface area contributed by atoms with Gasteiger partial charge in [-0.2, -0.15) is 0 Å². The third kappa shape index (κ3) is 4.08. The Bertz CT molecular complexity index is 1080. The van der Waals surface area contributed by atoms with Crippen LogP contribution in [0.1, 0.15) is 19.5 Å². The van der Waals surface area contributed by atoms with E-state index in [-0.39, 0.29) is 12.2 Å². The van der Waals surface area contributed by atoms with Crippen LogP contribution in [0.2, 0.25) is 0 Å². The summed E-state index contributed by atoms with van der Waals surface area (Å²) in [4.78, 5) is 21.6. The molecule has 1 aromatic carbocycles. The summed E-state index contributed by atoms with van der Waals surface area (Å²) >= 11 is 3.53. The van der Waals surface area contributed by atoms with Crippen molar-refractivity contribution in [1.82, 2.24) is 19.2 Å². The fourth-order valence-electron chi connectivity index (χ4n) is 4.89. The highest BCUT2D eigenvalue weighted by atomic mass is 79.9. The summed E-state index contributed by atoms with van der Waals surface area (Å²) in [7, 11) is 0. The van der Waals surface area contributed by atoms with Crippen LogP contribution < -0.4 is 0 Å². The van der Waals surface area contributed by atoms with Gasteiger partial charge < -0.3 is 14.0 Å². The maximum atomic E-state index is 12.3. The van der Waals surface area contributed by atoms with Crippen molar-refractivity contribution in [3.63, 3.8) is 0 Å². The molecule has 6 nitrogen and oxygen atoms in total. The molecule has 2 unspecified atom stereocenters. The number of hydrogen-bond donors (Lipinski definition) is 0. The van der Waals surface area contributed by atoms with E-state index in [0.717, 1.165) is 54.1 Å². The van der Waals surface area contributed by atoms with Gasteiger partial charge in [-0.1, -0.05) is 34.1 Å². The summed E-state index contributed by atoms with van der Waals surface area (Å²) in [5, 5.41) is 0. The lowest BCUT2D eigenvalue weighted by atomic mass is 10.0. The molecule has 1 amide bonds. The molecule has 2 saturated heterocycles. The van der Waals surface area contributed by atoms with Crippen molar-refractivity contribution in [2.45, 2.75) is 26.5 Å². The van der Waals surface area contributed by atoms with Crippen molar-refractivity contribution >= 4 is 27.7 Å². The monoisotopic (exact) mass is 482 g/mol. The number of pyridine rings is 1. The van der Waals surface area contributed by atoms with Gasteiger partial charge in [-0.3, -0.25) is 4.90 Å². The standard InChI is InChI=1S/C24H27BrN4O2/c1-16(2)31-24(30)28-13-18-11-27(12-19(18)14-28)15-21-23(17-6-8-20(25)9-7-17)26-22-5-3-4-10-29(21)22/h3-10,16,18-19H,11-15H2,1-2H3. The van der Waals surface area contributed by atoms with Crippen LogP contribution in [0.25, 0.3) is 16.9 Å². The number of carbonyl (C=O) groups is 1. The molecule has 2 atom stereocenters. The first-order valence-electron chi connectivity index (χ1n) is 10.9. The number of amides is 1. The Balaban J connectivity index is 1.35. The van der Waals surface area contributed by atoms with Gasteiger partial charge in [0.1, 0.15) is 5.65 Å². The minimum Gasteiger partial charge on any atom is -0.447 e. The number of aromatic nitrogens is 2. The zero-order chi connectivity index (χ0) is 21.5. The van der Waals surface area contributed by atoms with Crippen molar-refractivity contribution in [3.05, 3.63) is 58.8 Å². The number of benzene rings is 1. The third-order valence-electron chi connectivity index (χ3n) is 6.28. The number of carbonyl (C=O) groups excluding carboxylic acids is 1. The second-order valence-corrected chi connectivity index (χ2v) is 9.81. The van der Waals surface area contributed by atoms with E-state index in [1.807, 2.05) is 24.8 Å². The minimum absolute atomic E-state index is 0.0726. The van der Waals surface area contributed by atoms with E-state index >= 15 is 0 Å². The average molecular weight is 483 g/mol. The van der Waals surface area contributed by atoms with Crippen LogP contribution in [0, 0.1) is 11.8 Å². The largest absolute Gasteiger partial charge is 0.447 e. The Morgan fingerprint density at radius 3 is 2.48 bits per heavy atom.